The maximum Gasteiger partial charge on any atom is 0.175 e. The van der Waals surface area contributed by atoms with E-state index in [0.717, 1.165) is 70.0 Å². The van der Waals surface area contributed by atoms with E-state index in [1.54, 1.807) is 19.2 Å². The lowest BCUT2D eigenvalue weighted by Gasteiger charge is -2.43. The third-order valence-electron chi connectivity index (χ3n) is 6.83. The van der Waals surface area contributed by atoms with Crippen LogP contribution in [0.5, 0.6) is 5.75 Å². The average molecular weight is 458 g/mol. The second kappa shape index (κ2) is 10.3. The molecule has 2 aliphatic rings. The number of para-hydroxylation sites is 1. The van der Waals surface area contributed by atoms with Gasteiger partial charge in [0.15, 0.2) is 9.84 Å². The Bertz CT molecular complexity index is 995. The summed E-state index contributed by atoms with van der Waals surface area (Å²) in [5.74, 6) is 0.972. The van der Waals surface area contributed by atoms with Crippen molar-refractivity contribution in [2.75, 3.05) is 52.6 Å². The number of nitrogens with zero attached hydrogens (tertiary/aromatic N) is 3. The van der Waals surface area contributed by atoms with E-state index >= 15 is 0 Å². The van der Waals surface area contributed by atoms with Gasteiger partial charge in [0, 0.05) is 57.1 Å². The molecule has 6 nitrogen and oxygen atoms in total. The summed E-state index contributed by atoms with van der Waals surface area (Å²) < 4.78 is 29.7. The van der Waals surface area contributed by atoms with Gasteiger partial charge in [-0.25, -0.2) is 8.42 Å². The molecule has 0 aromatic heterocycles. The first-order chi connectivity index (χ1) is 15.4. The number of sulfone groups is 1. The molecule has 0 bridgehead atoms. The highest BCUT2D eigenvalue weighted by Crippen LogP contribution is 2.24. The lowest BCUT2D eigenvalue weighted by atomic mass is 10.0. The van der Waals surface area contributed by atoms with E-state index < -0.39 is 9.84 Å². The van der Waals surface area contributed by atoms with Gasteiger partial charge in [-0.05, 0) is 43.6 Å². The highest BCUT2D eigenvalue weighted by Gasteiger charge is 2.28. The quantitative estimate of drug-likeness (QED) is 0.637. The molecule has 0 saturated carbocycles. The number of rotatable bonds is 7. The Kier molecular flexibility index (Phi) is 7.51. The maximum absolute atomic E-state index is 12.1. The molecule has 0 N–H and O–H groups in total. The number of likely N-dealkylation sites (tertiary alicyclic amines) is 1. The molecule has 4 rings (SSSR count). The highest BCUT2D eigenvalue weighted by atomic mass is 32.2. The van der Waals surface area contributed by atoms with Gasteiger partial charge in [-0.3, -0.25) is 14.7 Å². The first-order valence-electron chi connectivity index (χ1n) is 11.5. The van der Waals surface area contributed by atoms with E-state index in [1.165, 1.54) is 11.8 Å². The van der Waals surface area contributed by atoms with Crippen LogP contribution in [-0.2, 0) is 22.9 Å². The van der Waals surface area contributed by atoms with Gasteiger partial charge in [0.25, 0.3) is 0 Å². The van der Waals surface area contributed by atoms with Crippen molar-refractivity contribution in [3.05, 3.63) is 59.7 Å². The van der Waals surface area contributed by atoms with Crippen molar-refractivity contribution in [1.82, 2.24) is 14.7 Å². The van der Waals surface area contributed by atoms with Crippen LogP contribution in [-0.4, -0.2) is 81.8 Å². The van der Waals surface area contributed by atoms with Crippen LogP contribution in [0.2, 0.25) is 0 Å². The minimum absolute atomic E-state index is 0.466. The predicted octanol–water partition coefficient (Wildman–Crippen LogP) is 2.88. The normalized spacial score (nSPS) is 19.8. The summed E-state index contributed by atoms with van der Waals surface area (Å²) >= 11 is 0. The van der Waals surface area contributed by atoms with E-state index in [1.807, 2.05) is 24.3 Å². The maximum atomic E-state index is 12.1. The van der Waals surface area contributed by atoms with Gasteiger partial charge < -0.3 is 4.74 Å². The minimum Gasteiger partial charge on any atom is -0.496 e. The smallest absolute Gasteiger partial charge is 0.175 e. The molecule has 0 atom stereocenters. The third-order valence-corrected chi connectivity index (χ3v) is 8.03. The SMILES string of the molecule is COc1ccccc1CN1CCN(C2CCN(Cc3ccccc3S(C)(=O)=O)CC2)CC1. The first-order valence-corrected chi connectivity index (χ1v) is 13.4. The standard InChI is InChI=1S/C25H35N3O3S/c1-31-24-9-5-3-7-21(24)19-27-15-17-28(18-16-27)23-11-13-26(14-12-23)20-22-8-4-6-10-25(22)32(2,29)30/h3-10,23H,11-20H2,1-2H3. The van der Waals surface area contributed by atoms with Crippen LogP contribution in [0.15, 0.2) is 53.4 Å². The molecule has 2 saturated heterocycles. The number of piperidine rings is 1. The minimum atomic E-state index is -3.19. The molecule has 0 spiro atoms. The van der Waals surface area contributed by atoms with Gasteiger partial charge in [0.05, 0.1) is 12.0 Å². The Labute approximate surface area is 192 Å². The molecule has 32 heavy (non-hydrogen) atoms. The predicted molar refractivity (Wildman–Crippen MR) is 128 cm³/mol. The zero-order valence-electron chi connectivity index (χ0n) is 19.2. The van der Waals surface area contributed by atoms with Crippen molar-refractivity contribution >= 4 is 9.84 Å². The summed E-state index contributed by atoms with van der Waals surface area (Å²) in [5.41, 5.74) is 2.17. The monoisotopic (exact) mass is 457 g/mol. The Morgan fingerprint density at radius 3 is 2.03 bits per heavy atom. The van der Waals surface area contributed by atoms with Crippen LogP contribution in [0.25, 0.3) is 0 Å². The Morgan fingerprint density at radius 1 is 0.812 bits per heavy atom. The summed E-state index contributed by atoms with van der Waals surface area (Å²) in [4.78, 5) is 8.04. The Balaban J connectivity index is 1.25. The van der Waals surface area contributed by atoms with E-state index in [4.69, 9.17) is 4.74 Å². The average Bonchev–Trinajstić information content (AvgIpc) is 2.80. The van der Waals surface area contributed by atoms with Gasteiger partial charge in [0.2, 0.25) is 0 Å². The van der Waals surface area contributed by atoms with Crippen molar-refractivity contribution in [1.29, 1.82) is 0 Å². The van der Waals surface area contributed by atoms with Crippen molar-refractivity contribution in [2.45, 2.75) is 36.9 Å². The number of piperazine rings is 1. The molecule has 0 radical (unpaired) electrons. The zero-order valence-corrected chi connectivity index (χ0v) is 20.1. The molecule has 2 heterocycles. The van der Waals surface area contributed by atoms with Crippen molar-refractivity contribution in [2.24, 2.45) is 0 Å². The Hall–Kier alpha value is -1.93. The highest BCUT2D eigenvalue weighted by molar-refractivity contribution is 7.90. The summed E-state index contributed by atoms with van der Waals surface area (Å²) in [6, 6.07) is 16.3. The van der Waals surface area contributed by atoms with Gasteiger partial charge in [-0.15, -0.1) is 0 Å². The number of hydrogen-bond donors (Lipinski definition) is 0. The molecule has 0 aliphatic carbocycles. The number of hydrogen-bond acceptors (Lipinski definition) is 6. The zero-order chi connectivity index (χ0) is 22.6. The fourth-order valence-corrected chi connectivity index (χ4v) is 5.98. The molecule has 0 unspecified atom stereocenters. The largest absolute Gasteiger partial charge is 0.496 e. The van der Waals surface area contributed by atoms with Gasteiger partial charge >= 0.3 is 0 Å². The number of benzene rings is 2. The summed E-state index contributed by atoms with van der Waals surface area (Å²) in [6.45, 7) is 8.07. The fraction of sp³-hybridized carbons (Fsp3) is 0.520. The van der Waals surface area contributed by atoms with Crippen molar-refractivity contribution in [3.8, 4) is 5.75 Å². The van der Waals surface area contributed by atoms with E-state index in [9.17, 15) is 8.42 Å². The summed E-state index contributed by atoms with van der Waals surface area (Å²) in [6.07, 6.45) is 3.59. The molecule has 2 fully saturated rings. The molecular formula is C25H35N3O3S. The Morgan fingerprint density at radius 2 is 1.38 bits per heavy atom. The second-order valence-corrected chi connectivity index (χ2v) is 11.0. The third kappa shape index (κ3) is 5.70. The van der Waals surface area contributed by atoms with Crippen LogP contribution in [0.1, 0.15) is 24.0 Å². The van der Waals surface area contributed by atoms with E-state index in [0.29, 0.717) is 17.5 Å². The van der Waals surface area contributed by atoms with Crippen LogP contribution in [0, 0.1) is 0 Å². The van der Waals surface area contributed by atoms with Gasteiger partial charge in [0.1, 0.15) is 5.75 Å². The summed E-state index contributed by atoms with van der Waals surface area (Å²) in [5, 5.41) is 0. The topological polar surface area (TPSA) is 53.1 Å². The number of ether oxygens (including phenoxy) is 1. The first kappa shape index (κ1) is 23.2. The second-order valence-electron chi connectivity index (χ2n) is 9.01. The van der Waals surface area contributed by atoms with Crippen LogP contribution < -0.4 is 4.74 Å². The van der Waals surface area contributed by atoms with Crippen LogP contribution >= 0.6 is 0 Å². The van der Waals surface area contributed by atoms with E-state index in [-0.39, 0.29) is 0 Å². The summed E-state index contributed by atoms with van der Waals surface area (Å²) in [7, 11) is -1.45. The molecule has 0 amide bonds. The molecule has 174 valence electrons. The van der Waals surface area contributed by atoms with Crippen molar-refractivity contribution < 1.29 is 13.2 Å². The van der Waals surface area contributed by atoms with Crippen molar-refractivity contribution in [3.63, 3.8) is 0 Å². The lowest BCUT2D eigenvalue weighted by Crippen LogP contribution is -2.52. The van der Waals surface area contributed by atoms with Crippen LogP contribution in [0.3, 0.4) is 0 Å². The number of methoxy groups -OCH3 is 1. The van der Waals surface area contributed by atoms with Gasteiger partial charge in [-0.2, -0.15) is 0 Å². The molecule has 2 aromatic carbocycles. The molecule has 2 aliphatic heterocycles. The van der Waals surface area contributed by atoms with Gasteiger partial charge in [-0.1, -0.05) is 36.4 Å². The lowest BCUT2D eigenvalue weighted by molar-refractivity contribution is 0.0546. The fourth-order valence-electron chi connectivity index (χ4n) is 5.04. The molecule has 2 aromatic rings. The molecular weight excluding hydrogens is 422 g/mol. The molecule has 7 heteroatoms. The van der Waals surface area contributed by atoms with E-state index in [2.05, 4.69) is 26.8 Å². The van der Waals surface area contributed by atoms with Crippen LogP contribution in [0.4, 0.5) is 0 Å².